The normalized spacial score (nSPS) is 28.6. The summed E-state index contributed by atoms with van der Waals surface area (Å²) in [6.45, 7) is 2.97. The molecule has 1 aliphatic heterocycles. The van der Waals surface area contributed by atoms with Crippen molar-refractivity contribution in [3.8, 4) is 0 Å². The highest BCUT2D eigenvalue weighted by Crippen LogP contribution is 2.32. The van der Waals surface area contributed by atoms with E-state index in [-0.39, 0.29) is 18.8 Å². The minimum Gasteiger partial charge on any atom is -0.394 e. The second kappa shape index (κ2) is 7.39. The molecular formula is C18H27NO2. The smallest absolute Gasteiger partial charge is 0.100 e. The molecular weight excluding hydrogens is 262 g/mol. The van der Waals surface area contributed by atoms with Crippen molar-refractivity contribution in [2.75, 3.05) is 26.3 Å². The van der Waals surface area contributed by atoms with E-state index in [9.17, 15) is 5.11 Å². The summed E-state index contributed by atoms with van der Waals surface area (Å²) in [5.74, 6) is 0.822. The molecule has 1 aromatic carbocycles. The highest BCUT2D eigenvalue weighted by molar-refractivity contribution is 5.21. The van der Waals surface area contributed by atoms with Crippen molar-refractivity contribution in [1.82, 2.24) is 4.90 Å². The Hall–Kier alpha value is -0.900. The molecule has 1 aromatic rings. The van der Waals surface area contributed by atoms with E-state index in [0.29, 0.717) is 0 Å². The van der Waals surface area contributed by atoms with Crippen molar-refractivity contribution >= 4 is 0 Å². The highest BCUT2D eigenvalue weighted by Gasteiger charge is 2.34. The van der Waals surface area contributed by atoms with Crippen LogP contribution < -0.4 is 0 Å². The summed E-state index contributed by atoms with van der Waals surface area (Å²) in [6.07, 6.45) is 6.81. The number of aliphatic hydroxyl groups is 1. The molecule has 1 heterocycles. The zero-order valence-electron chi connectivity index (χ0n) is 12.8. The van der Waals surface area contributed by atoms with Gasteiger partial charge in [0, 0.05) is 13.1 Å². The Bertz CT molecular complexity index is 416. The van der Waals surface area contributed by atoms with E-state index in [2.05, 4.69) is 29.2 Å². The van der Waals surface area contributed by atoms with Crippen LogP contribution in [-0.2, 0) is 4.74 Å². The Morgan fingerprint density at radius 1 is 1.10 bits per heavy atom. The van der Waals surface area contributed by atoms with Crippen molar-refractivity contribution in [1.29, 1.82) is 0 Å². The van der Waals surface area contributed by atoms with Crippen LogP contribution in [0.4, 0.5) is 0 Å². The van der Waals surface area contributed by atoms with Gasteiger partial charge in [0.15, 0.2) is 0 Å². The standard InChI is InChI=1S/C18H27NO2/c20-14-17-18(16-9-5-2-6-10-16)19(11-12-21-17)13-15-7-3-1-4-8-15/h2,5-6,9-10,15,17-18,20H,1,3-4,7-8,11-14H2/t17-,18-/m0/s1. The van der Waals surface area contributed by atoms with Crippen LogP contribution in [0, 0.1) is 5.92 Å². The summed E-state index contributed by atoms with van der Waals surface area (Å²) < 4.78 is 5.82. The van der Waals surface area contributed by atoms with Gasteiger partial charge in [-0.15, -0.1) is 0 Å². The molecule has 0 spiro atoms. The first-order chi connectivity index (χ1) is 10.4. The van der Waals surface area contributed by atoms with E-state index in [1.807, 2.05) is 6.07 Å². The first-order valence-corrected chi connectivity index (χ1v) is 8.40. The number of hydrogen-bond donors (Lipinski definition) is 1. The van der Waals surface area contributed by atoms with Crippen LogP contribution >= 0.6 is 0 Å². The van der Waals surface area contributed by atoms with E-state index in [1.54, 1.807) is 0 Å². The first kappa shape index (κ1) is 15.0. The molecule has 1 saturated heterocycles. The average molecular weight is 289 g/mol. The molecule has 2 aliphatic rings. The van der Waals surface area contributed by atoms with E-state index in [0.717, 1.165) is 25.6 Å². The Kier molecular flexibility index (Phi) is 5.28. The van der Waals surface area contributed by atoms with Crippen molar-refractivity contribution < 1.29 is 9.84 Å². The van der Waals surface area contributed by atoms with Gasteiger partial charge in [-0.1, -0.05) is 49.6 Å². The highest BCUT2D eigenvalue weighted by atomic mass is 16.5. The van der Waals surface area contributed by atoms with Crippen LogP contribution in [0.15, 0.2) is 30.3 Å². The number of rotatable bonds is 4. The third-order valence-corrected chi connectivity index (χ3v) is 4.99. The van der Waals surface area contributed by atoms with Crippen molar-refractivity contribution in [2.24, 2.45) is 5.92 Å². The minimum atomic E-state index is -0.0928. The lowest BCUT2D eigenvalue weighted by Gasteiger charge is -2.43. The molecule has 116 valence electrons. The van der Waals surface area contributed by atoms with Crippen LogP contribution in [0.2, 0.25) is 0 Å². The Morgan fingerprint density at radius 3 is 2.57 bits per heavy atom. The monoisotopic (exact) mass is 289 g/mol. The van der Waals surface area contributed by atoms with Crippen molar-refractivity contribution in [2.45, 2.75) is 44.2 Å². The van der Waals surface area contributed by atoms with Gasteiger partial charge in [-0.25, -0.2) is 0 Å². The number of morpholine rings is 1. The second-order valence-corrected chi connectivity index (χ2v) is 6.45. The van der Waals surface area contributed by atoms with Gasteiger partial charge in [-0.05, 0) is 24.3 Å². The van der Waals surface area contributed by atoms with Crippen LogP contribution in [0.5, 0.6) is 0 Å². The minimum absolute atomic E-state index is 0.0928. The average Bonchev–Trinajstić information content (AvgIpc) is 2.56. The Labute approximate surface area is 127 Å². The third-order valence-electron chi connectivity index (χ3n) is 4.99. The van der Waals surface area contributed by atoms with Crippen LogP contribution in [0.3, 0.4) is 0 Å². The Balaban J connectivity index is 1.75. The maximum atomic E-state index is 9.69. The summed E-state index contributed by atoms with van der Waals surface area (Å²) in [6, 6.07) is 10.7. The predicted octanol–water partition coefficient (Wildman–Crippen LogP) is 3.00. The lowest BCUT2D eigenvalue weighted by atomic mass is 9.87. The van der Waals surface area contributed by atoms with Crippen LogP contribution in [0.1, 0.15) is 43.7 Å². The molecule has 21 heavy (non-hydrogen) atoms. The van der Waals surface area contributed by atoms with Gasteiger partial charge in [-0.3, -0.25) is 4.90 Å². The largest absolute Gasteiger partial charge is 0.394 e. The zero-order chi connectivity index (χ0) is 14.5. The van der Waals surface area contributed by atoms with Crippen LogP contribution in [0.25, 0.3) is 0 Å². The number of benzene rings is 1. The van der Waals surface area contributed by atoms with E-state index in [1.165, 1.54) is 37.7 Å². The number of ether oxygens (including phenoxy) is 1. The van der Waals surface area contributed by atoms with Gasteiger partial charge in [0.2, 0.25) is 0 Å². The molecule has 0 bridgehead atoms. The summed E-state index contributed by atoms with van der Waals surface area (Å²) in [5.41, 5.74) is 1.27. The summed E-state index contributed by atoms with van der Waals surface area (Å²) in [5, 5.41) is 9.69. The van der Waals surface area contributed by atoms with Crippen molar-refractivity contribution in [3.63, 3.8) is 0 Å². The van der Waals surface area contributed by atoms with Gasteiger partial charge in [0.05, 0.1) is 19.3 Å². The molecule has 3 rings (SSSR count). The summed E-state index contributed by atoms with van der Waals surface area (Å²) >= 11 is 0. The lowest BCUT2D eigenvalue weighted by molar-refractivity contribution is -0.0977. The number of nitrogens with zero attached hydrogens (tertiary/aromatic N) is 1. The SMILES string of the molecule is OC[C@@H]1OCCN(CC2CCCCC2)[C@H]1c1ccccc1. The van der Waals surface area contributed by atoms with Gasteiger partial charge in [0.1, 0.15) is 6.10 Å². The lowest BCUT2D eigenvalue weighted by Crippen LogP contribution is -2.48. The maximum Gasteiger partial charge on any atom is 0.100 e. The summed E-state index contributed by atoms with van der Waals surface area (Å²) in [4.78, 5) is 2.55. The third kappa shape index (κ3) is 3.65. The molecule has 0 unspecified atom stereocenters. The van der Waals surface area contributed by atoms with Gasteiger partial charge in [0.25, 0.3) is 0 Å². The van der Waals surface area contributed by atoms with Gasteiger partial charge < -0.3 is 9.84 Å². The molecule has 1 saturated carbocycles. The van der Waals surface area contributed by atoms with Gasteiger partial charge >= 0.3 is 0 Å². The fourth-order valence-electron chi connectivity index (χ4n) is 3.92. The van der Waals surface area contributed by atoms with Gasteiger partial charge in [-0.2, -0.15) is 0 Å². The predicted molar refractivity (Wildman–Crippen MR) is 84.2 cm³/mol. The molecule has 0 amide bonds. The molecule has 3 nitrogen and oxygen atoms in total. The fourth-order valence-corrected chi connectivity index (χ4v) is 3.92. The molecule has 0 aromatic heterocycles. The molecule has 2 fully saturated rings. The van der Waals surface area contributed by atoms with E-state index >= 15 is 0 Å². The first-order valence-electron chi connectivity index (χ1n) is 8.40. The topological polar surface area (TPSA) is 32.7 Å². The van der Waals surface area contributed by atoms with E-state index < -0.39 is 0 Å². The van der Waals surface area contributed by atoms with E-state index in [4.69, 9.17) is 4.74 Å². The maximum absolute atomic E-state index is 9.69. The molecule has 3 heteroatoms. The molecule has 1 N–H and O–H groups in total. The summed E-state index contributed by atoms with van der Waals surface area (Å²) in [7, 11) is 0. The quantitative estimate of drug-likeness (QED) is 0.925. The zero-order valence-corrected chi connectivity index (χ0v) is 12.8. The molecule has 0 radical (unpaired) electrons. The number of aliphatic hydroxyl groups excluding tert-OH is 1. The van der Waals surface area contributed by atoms with Crippen LogP contribution in [-0.4, -0.2) is 42.4 Å². The molecule has 1 aliphatic carbocycles. The molecule has 2 atom stereocenters. The Morgan fingerprint density at radius 2 is 1.86 bits per heavy atom. The second-order valence-electron chi connectivity index (χ2n) is 6.45. The number of hydrogen-bond acceptors (Lipinski definition) is 3. The van der Waals surface area contributed by atoms with Crippen molar-refractivity contribution in [3.05, 3.63) is 35.9 Å². The fraction of sp³-hybridized carbons (Fsp3) is 0.667.